The molecule has 1 amide bonds. The highest BCUT2D eigenvalue weighted by Crippen LogP contribution is 2.27. The second-order valence-corrected chi connectivity index (χ2v) is 8.12. The number of hydrogen-bond donors (Lipinski definition) is 2. The van der Waals surface area contributed by atoms with Gasteiger partial charge in [-0.05, 0) is 62.1 Å². The summed E-state index contributed by atoms with van der Waals surface area (Å²) in [4.78, 5) is 19.9. The molecule has 3 aromatic rings. The highest BCUT2D eigenvalue weighted by Gasteiger charge is 2.17. The normalized spacial score (nSPS) is 16.2. The summed E-state index contributed by atoms with van der Waals surface area (Å²) < 4.78 is 0. The number of benzene rings is 1. The zero-order valence-electron chi connectivity index (χ0n) is 17.6. The lowest BCUT2D eigenvalue weighted by molar-refractivity contribution is 0.0963. The molecule has 0 spiro atoms. The van der Waals surface area contributed by atoms with Gasteiger partial charge in [-0.15, -0.1) is 0 Å². The molecule has 2 aromatic heterocycles. The van der Waals surface area contributed by atoms with Crippen molar-refractivity contribution in [3.63, 3.8) is 0 Å². The number of amides is 1. The van der Waals surface area contributed by atoms with Crippen LogP contribution in [0.4, 0.5) is 5.82 Å². The van der Waals surface area contributed by atoms with Crippen molar-refractivity contribution in [2.24, 2.45) is 0 Å². The number of H-pyrrole nitrogens is 1. The van der Waals surface area contributed by atoms with E-state index in [2.05, 4.69) is 50.5 Å². The Kier molecular flexibility index (Phi) is 5.12. The first-order valence-electron chi connectivity index (χ1n) is 10.7. The van der Waals surface area contributed by atoms with Gasteiger partial charge in [-0.25, -0.2) is 4.98 Å². The molecule has 0 atom stereocenters. The van der Waals surface area contributed by atoms with Crippen LogP contribution in [-0.2, 0) is 0 Å². The van der Waals surface area contributed by atoms with Crippen molar-refractivity contribution in [2.45, 2.75) is 26.2 Å². The minimum Gasteiger partial charge on any atom is -0.357 e. The summed E-state index contributed by atoms with van der Waals surface area (Å²) >= 11 is 0. The van der Waals surface area contributed by atoms with Crippen LogP contribution in [0.5, 0.6) is 0 Å². The van der Waals surface area contributed by atoms with Gasteiger partial charge in [-0.3, -0.25) is 9.89 Å². The Morgan fingerprint density at radius 1 is 1.13 bits per heavy atom. The number of nitrogens with one attached hydrogen (secondary N) is 2. The number of pyridine rings is 1. The number of nitrogens with zero attached hydrogens (tertiary/aromatic N) is 3. The van der Waals surface area contributed by atoms with Crippen LogP contribution in [0.15, 0.2) is 72.1 Å². The van der Waals surface area contributed by atoms with Gasteiger partial charge < -0.3 is 10.2 Å². The zero-order chi connectivity index (χ0) is 21.2. The summed E-state index contributed by atoms with van der Waals surface area (Å²) in [6, 6.07) is 10.2. The van der Waals surface area contributed by atoms with E-state index >= 15 is 0 Å². The van der Waals surface area contributed by atoms with Crippen LogP contribution in [0.3, 0.4) is 0 Å². The summed E-state index contributed by atoms with van der Waals surface area (Å²) in [6.45, 7) is 4.22. The van der Waals surface area contributed by atoms with E-state index in [-0.39, 0.29) is 5.91 Å². The summed E-state index contributed by atoms with van der Waals surface area (Å²) in [7, 11) is 0. The van der Waals surface area contributed by atoms with Gasteiger partial charge in [0.25, 0.3) is 5.91 Å². The number of allylic oxidation sites excluding steroid dienone is 5. The lowest BCUT2D eigenvalue weighted by Gasteiger charge is -2.16. The molecule has 2 aliphatic rings. The molecule has 0 radical (unpaired) electrons. The molecule has 1 aliphatic carbocycles. The van der Waals surface area contributed by atoms with Crippen LogP contribution in [0.25, 0.3) is 22.0 Å². The molecule has 31 heavy (non-hydrogen) atoms. The van der Waals surface area contributed by atoms with Crippen molar-refractivity contribution < 1.29 is 4.79 Å². The third-order valence-electron chi connectivity index (χ3n) is 5.85. The molecule has 0 bridgehead atoms. The molecule has 1 saturated heterocycles. The highest BCUT2D eigenvalue weighted by molar-refractivity contribution is 6.06. The Labute approximate surface area is 181 Å². The second kappa shape index (κ2) is 8.22. The number of carbonyl (C=O) groups excluding carboxylic acids is 1. The molecule has 6 heteroatoms. The van der Waals surface area contributed by atoms with E-state index in [1.807, 2.05) is 42.6 Å². The summed E-state index contributed by atoms with van der Waals surface area (Å²) in [5, 5.41) is 11.0. The lowest BCUT2D eigenvalue weighted by Crippen LogP contribution is -2.22. The van der Waals surface area contributed by atoms with E-state index in [9.17, 15) is 4.79 Å². The third-order valence-corrected chi connectivity index (χ3v) is 5.85. The van der Waals surface area contributed by atoms with Crippen LogP contribution in [0.2, 0.25) is 0 Å². The average molecular weight is 412 g/mol. The summed E-state index contributed by atoms with van der Waals surface area (Å²) in [5.74, 6) is 0.807. The molecule has 3 heterocycles. The summed E-state index contributed by atoms with van der Waals surface area (Å²) in [5.41, 5.74) is 5.29. The molecule has 1 fully saturated rings. The van der Waals surface area contributed by atoms with Gasteiger partial charge in [-0.1, -0.05) is 29.9 Å². The topological polar surface area (TPSA) is 73.9 Å². The lowest BCUT2D eigenvalue weighted by atomic mass is 10.0. The zero-order valence-corrected chi connectivity index (χ0v) is 17.6. The van der Waals surface area contributed by atoms with Crippen LogP contribution < -0.4 is 10.2 Å². The Hall–Kier alpha value is -3.67. The maximum absolute atomic E-state index is 12.9. The van der Waals surface area contributed by atoms with Gasteiger partial charge in [-0.2, -0.15) is 5.10 Å². The molecule has 1 aromatic carbocycles. The summed E-state index contributed by atoms with van der Waals surface area (Å²) in [6.07, 6.45) is 13.1. The van der Waals surface area contributed by atoms with Crippen molar-refractivity contribution in [1.29, 1.82) is 0 Å². The van der Waals surface area contributed by atoms with Crippen molar-refractivity contribution in [1.82, 2.24) is 20.5 Å². The number of aromatic amines is 1. The van der Waals surface area contributed by atoms with Crippen LogP contribution >= 0.6 is 0 Å². The number of hydrogen-bond acceptors (Lipinski definition) is 4. The highest BCUT2D eigenvalue weighted by atomic mass is 16.1. The number of rotatable bonds is 4. The van der Waals surface area contributed by atoms with Gasteiger partial charge in [0.2, 0.25) is 0 Å². The standard InChI is InChI=1S/C25H25N5O/c1-17-5-4-6-20(10-7-17)27-25(31)24-21-15-18(8-11-22(21)28-29-24)19-9-12-23(26-16-19)30-13-2-3-14-30/h4-6,8-12,15-16H,2-3,7,13-14H2,1H3,(H,27,31)(H,28,29). The predicted octanol–water partition coefficient (Wildman–Crippen LogP) is 4.75. The van der Waals surface area contributed by atoms with Crippen molar-refractivity contribution >= 4 is 22.6 Å². The maximum atomic E-state index is 12.9. The van der Waals surface area contributed by atoms with Crippen molar-refractivity contribution in [3.8, 4) is 11.1 Å². The Bertz CT molecular complexity index is 1210. The molecule has 5 rings (SSSR count). The van der Waals surface area contributed by atoms with Gasteiger partial charge in [0.15, 0.2) is 5.69 Å². The predicted molar refractivity (Wildman–Crippen MR) is 124 cm³/mol. The molecular formula is C25H25N5O. The minimum atomic E-state index is -0.221. The van der Waals surface area contributed by atoms with E-state index in [1.54, 1.807) is 0 Å². The Morgan fingerprint density at radius 3 is 2.77 bits per heavy atom. The number of carbonyl (C=O) groups is 1. The quantitative estimate of drug-likeness (QED) is 0.650. The molecular weight excluding hydrogens is 386 g/mol. The Morgan fingerprint density at radius 2 is 1.97 bits per heavy atom. The molecule has 0 unspecified atom stereocenters. The average Bonchev–Trinajstić information content (AvgIpc) is 3.43. The third kappa shape index (κ3) is 4.01. The van der Waals surface area contributed by atoms with Gasteiger partial charge in [0.05, 0.1) is 5.52 Å². The van der Waals surface area contributed by atoms with Gasteiger partial charge >= 0.3 is 0 Å². The number of aromatic nitrogens is 3. The molecule has 2 N–H and O–H groups in total. The van der Waals surface area contributed by atoms with Crippen LogP contribution in [0, 0.1) is 0 Å². The van der Waals surface area contributed by atoms with Crippen LogP contribution in [-0.4, -0.2) is 34.2 Å². The fourth-order valence-corrected chi connectivity index (χ4v) is 4.06. The van der Waals surface area contributed by atoms with Gasteiger partial charge in [0.1, 0.15) is 5.82 Å². The van der Waals surface area contributed by atoms with E-state index < -0.39 is 0 Å². The monoisotopic (exact) mass is 411 g/mol. The van der Waals surface area contributed by atoms with E-state index in [0.29, 0.717) is 5.69 Å². The van der Waals surface area contributed by atoms with Crippen molar-refractivity contribution in [2.75, 3.05) is 18.0 Å². The Balaban J connectivity index is 1.40. The first-order valence-corrected chi connectivity index (χ1v) is 10.7. The molecule has 1 aliphatic heterocycles. The number of anilines is 1. The number of fused-ring (bicyclic) bond motifs is 1. The van der Waals surface area contributed by atoms with E-state index in [0.717, 1.165) is 53.1 Å². The molecule has 156 valence electrons. The smallest absolute Gasteiger partial charge is 0.276 e. The first kappa shape index (κ1) is 19.3. The first-order chi connectivity index (χ1) is 15.2. The van der Waals surface area contributed by atoms with E-state index in [1.165, 1.54) is 18.4 Å². The van der Waals surface area contributed by atoms with Crippen LogP contribution in [0.1, 0.15) is 36.7 Å². The fraction of sp³-hybridized carbons (Fsp3) is 0.240. The molecule has 0 saturated carbocycles. The molecule has 6 nitrogen and oxygen atoms in total. The van der Waals surface area contributed by atoms with Gasteiger partial charge in [0, 0.05) is 35.9 Å². The maximum Gasteiger partial charge on any atom is 0.276 e. The second-order valence-electron chi connectivity index (χ2n) is 8.12. The minimum absolute atomic E-state index is 0.221. The largest absolute Gasteiger partial charge is 0.357 e. The fourth-order valence-electron chi connectivity index (χ4n) is 4.06. The van der Waals surface area contributed by atoms with E-state index in [4.69, 9.17) is 0 Å². The van der Waals surface area contributed by atoms with Crippen molar-refractivity contribution in [3.05, 3.63) is 77.8 Å². The SMILES string of the molecule is CC1=CC=CC(NC(=O)c2n[nH]c3ccc(-c4ccc(N5CCCC5)nc4)cc23)=CC1.